The number of hydrogen-bond donors (Lipinski definition) is 0. The SMILES string of the molecule is CC(C)c1cccc(C(C)C)c1-n1c(-c2[c-]ccc3c2oc2ccccc23)nc2ccccc21.C[Si](C)(C)c1cnc(-c2[c-]cccc2)cc1CC1CC2CCC1C2.[Ir]. The van der Waals surface area contributed by atoms with E-state index in [0.717, 1.165) is 73.4 Å². The summed E-state index contributed by atoms with van der Waals surface area (Å²) in [5.41, 5.74) is 12.3. The molecule has 0 spiro atoms. The van der Waals surface area contributed by atoms with Crippen LogP contribution in [-0.4, -0.2) is 22.6 Å². The standard InChI is InChI=1S/C31H27N2O.C22H28NSi.Ir/c1-19(2)21-12-9-13-22(20(3)4)29(21)33-27-17-7-6-16-26(27)32-31(33)25-15-10-14-24-23-11-5-8-18-28(23)34-30(24)25;1-24(2,3)22-15-23-21(17-7-5-4-6-8-17)14-20(22)13-19-12-16-9-10-18(19)11-16;/h5-14,16-20H,1-4H3;4-7,14-16,18-19H,9-13H2,1-3H3;/q2*-1;. The van der Waals surface area contributed by atoms with Crippen molar-refractivity contribution in [3.63, 3.8) is 0 Å². The zero-order valence-corrected chi connectivity index (χ0v) is 38.9. The molecule has 0 N–H and O–H groups in total. The Bertz CT molecular complexity index is 2710. The summed E-state index contributed by atoms with van der Waals surface area (Å²) in [6.45, 7) is 16.4. The molecule has 2 fully saturated rings. The third kappa shape index (κ3) is 7.92. The Labute approximate surface area is 364 Å². The maximum absolute atomic E-state index is 6.40. The smallest absolute Gasteiger partial charge is 0.120 e. The molecular formula is C53H55IrN3OSi-2. The van der Waals surface area contributed by atoms with E-state index in [9.17, 15) is 0 Å². The van der Waals surface area contributed by atoms with Crippen LogP contribution in [0.3, 0.4) is 0 Å². The van der Waals surface area contributed by atoms with E-state index in [-0.39, 0.29) is 20.1 Å². The zero-order chi connectivity index (χ0) is 40.1. The van der Waals surface area contributed by atoms with Gasteiger partial charge in [0.05, 0.1) is 30.5 Å². The molecule has 303 valence electrons. The number of benzene rings is 5. The van der Waals surface area contributed by atoms with E-state index in [4.69, 9.17) is 14.4 Å². The van der Waals surface area contributed by atoms with Crippen molar-refractivity contribution >= 4 is 46.2 Å². The first-order valence-electron chi connectivity index (χ1n) is 21.4. The molecule has 3 aromatic heterocycles. The number of fused-ring (bicyclic) bond motifs is 6. The van der Waals surface area contributed by atoms with E-state index in [2.05, 4.69) is 143 Å². The van der Waals surface area contributed by atoms with Crippen molar-refractivity contribution in [3.05, 3.63) is 144 Å². The van der Waals surface area contributed by atoms with Gasteiger partial charge in [-0.05, 0) is 95.5 Å². The minimum absolute atomic E-state index is 0. The Morgan fingerprint density at radius 3 is 2.22 bits per heavy atom. The topological polar surface area (TPSA) is 43.9 Å². The maximum atomic E-state index is 6.40. The van der Waals surface area contributed by atoms with Crippen LogP contribution < -0.4 is 5.19 Å². The molecule has 5 aromatic carbocycles. The van der Waals surface area contributed by atoms with Gasteiger partial charge in [-0.25, -0.2) is 0 Å². The van der Waals surface area contributed by atoms with Crippen LogP contribution in [0.5, 0.6) is 0 Å². The summed E-state index contributed by atoms with van der Waals surface area (Å²) in [6, 6.07) is 44.7. The molecule has 3 unspecified atom stereocenters. The van der Waals surface area contributed by atoms with Crippen molar-refractivity contribution in [2.45, 2.75) is 91.3 Å². The molecule has 0 aliphatic heterocycles. The van der Waals surface area contributed by atoms with E-state index in [1.54, 1.807) is 10.8 Å². The van der Waals surface area contributed by atoms with Crippen molar-refractivity contribution in [3.8, 4) is 28.3 Å². The van der Waals surface area contributed by atoms with E-state index in [1.807, 2.05) is 36.4 Å². The molecule has 0 saturated heterocycles. The Hall–Kier alpha value is -4.61. The minimum atomic E-state index is -1.37. The van der Waals surface area contributed by atoms with Crippen LogP contribution in [0, 0.1) is 29.9 Å². The van der Waals surface area contributed by atoms with Crippen LogP contribution in [0.25, 0.3) is 61.3 Å². The largest absolute Gasteiger partial charge is 0.501 e. The van der Waals surface area contributed by atoms with E-state index >= 15 is 0 Å². The molecule has 2 saturated carbocycles. The van der Waals surface area contributed by atoms with Crippen LogP contribution in [0.1, 0.15) is 81.9 Å². The fraction of sp³-hybridized carbons (Fsp3) is 0.321. The molecule has 1 radical (unpaired) electrons. The van der Waals surface area contributed by atoms with Crippen molar-refractivity contribution in [2.24, 2.45) is 17.8 Å². The average Bonchev–Trinajstić information content (AvgIpc) is 4.03. The van der Waals surface area contributed by atoms with Gasteiger partial charge in [-0.15, -0.1) is 54.1 Å². The molecular weight excluding hydrogens is 915 g/mol. The van der Waals surface area contributed by atoms with Crippen molar-refractivity contribution < 1.29 is 24.5 Å². The molecule has 2 aliphatic carbocycles. The molecule has 10 rings (SSSR count). The number of para-hydroxylation sites is 4. The summed E-state index contributed by atoms with van der Waals surface area (Å²) in [7, 11) is -1.37. The van der Waals surface area contributed by atoms with Gasteiger partial charge in [0.25, 0.3) is 0 Å². The summed E-state index contributed by atoms with van der Waals surface area (Å²) in [6.07, 6.45) is 9.38. The van der Waals surface area contributed by atoms with Gasteiger partial charge in [0.1, 0.15) is 5.58 Å². The molecule has 6 heteroatoms. The number of nitrogens with zero attached hydrogens (tertiary/aromatic N) is 3. The summed E-state index contributed by atoms with van der Waals surface area (Å²) < 4.78 is 8.73. The summed E-state index contributed by atoms with van der Waals surface area (Å²) in [5, 5.41) is 3.76. The Balaban J connectivity index is 0.000000171. The summed E-state index contributed by atoms with van der Waals surface area (Å²) in [4.78, 5) is 9.95. The van der Waals surface area contributed by atoms with E-state index in [0.29, 0.717) is 11.8 Å². The summed E-state index contributed by atoms with van der Waals surface area (Å²) >= 11 is 0. The fourth-order valence-electron chi connectivity index (χ4n) is 10.00. The van der Waals surface area contributed by atoms with Gasteiger partial charge in [0, 0.05) is 37.4 Å². The third-order valence-electron chi connectivity index (χ3n) is 12.8. The first-order valence-corrected chi connectivity index (χ1v) is 24.9. The predicted molar refractivity (Wildman–Crippen MR) is 245 cm³/mol. The van der Waals surface area contributed by atoms with Crippen LogP contribution in [0.2, 0.25) is 19.6 Å². The van der Waals surface area contributed by atoms with Gasteiger partial charge in [-0.3, -0.25) is 4.98 Å². The molecule has 2 bridgehead atoms. The number of imidazole rings is 1. The molecule has 2 aliphatic rings. The number of aromatic nitrogens is 3. The van der Waals surface area contributed by atoms with Crippen LogP contribution in [-0.2, 0) is 26.5 Å². The van der Waals surface area contributed by atoms with Crippen molar-refractivity contribution in [1.82, 2.24) is 14.5 Å². The second-order valence-electron chi connectivity index (χ2n) is 18.4. The quantitative estimate of drug-likeness (QED) is 0.113. The number of rotatable bonds is 8. The monoisotopic (exact) mass is 970 g/mol. The van der Waals surface area contributed by atoms with Gasteiger partial charge >= 0.3 is 0 Å². The first kappa shape index (κ1) is 41.1. The molecule has 0 amide bonds. The van der Waals surface area contributed by atoms with Gasteiger partial charge in [-0.1, -0.05) is 125 Å². The van der Waals surface area contributed by atoms with Crippen LogP contribution in [0.15, 0.2) is 120 Å². The van der Waals surface area contributed by atoms with E-state index in [1.165, 1.54) is 48.9 Å². The van der Waals surface area contributed by atoms with E-state index < -0.39 is 8.07 Å². The van der Waals surface area contributed by atoms with Gasteiger partial charge in [0.2, 0.25) is 0 Å². The van der Waals surface area contributed by atoms with Crippen molar-refractivity contribution in [1.29, 1.82) is 0 Å². The molecule has 3 atom stereocenters. The van der Waals surface area contributed by atoms with Gasteiger partial charge in [0.15, 0.2) is 0 Å². The van der Waals surface area contributed by atoms with Gasteiger partial charge < -0.3 is 14.0 Å². The van der Waals surface area contributed by atoms with Crippen LogP contribution in [0.4, 0.5) is 0 Å². The Morgan fingerprint density at radius 1 is 0.780 bits per heavy atom. The average molecular weight is 970 g/mol. The molecule has 3 heterocycles. The Morgan fingerprint density at radius 2 is 1.53 bits per heavy atom. The number of pyridine rings is 1. The molecule has 59 heavy (non-hydrogen) atoms. The number of hydrogen-bond acceptors (Lipinski definition) is 3. The fourth-order valence-corrected chi connectivity index (χ4v) is 11.6. The zero-order valence-electron chi connectivity index (χ0n) is 35.5. The van der Waals surface area contributed by atoms with Gasteiger partial charge in [-0.2, -0.15) is 0 Å². The van der Waals surface area contributed by atoms with Crippen LogP contribution >= 0.6 is 0 Å². The predicted octanol–water partition coefficient (Wildman–Crippen LogP) is 13.7. The maximum Gasteiger partial charge on any atom is 0.120 e. The second kappa shape index (κ2) is 16.8. The Kier molecular flexibility index (Phi) is 11.7. The normalized spacial score (nSPS) is 17.5. The minimum Gasteiger partial charge on any atom is -0.501 e. The van der Waals surface area contributed by atoms with Crippen molar-refractivity contribution in [2.75, 3.05) is 0 Å². The summed E-state index contributed by atoms with van der Waals surface area (Å²) in [5.74, 6) is 4.53. The second-order valence-corrected chi connectivity index (χ2v) is 23.5. The first-order chi connectivity index (χ1) is 28.0. The molecule has 4 nitrogen and oxygen atoms in total. The molecule has 8 aromatic rings. The third-order valence-corrected chi connectivity index (χ3v) is 14.9. The number of furan rings is 1.